The van der Waals surface area contributed by atoms with Crippen LogP contribution in [0.2, 0.25) is 0 Å². The van der Waals surface area contributed by atoms with Gasteiger partial charge in [-0.15, -0.1) is 0 Å². The van der Waals surface area contributed by atoms with Gasteiger partial charge in [0.1, 0.15) is 11.3 Å². The predicted molar refractivity (Wildman–Crippen MR) is 148 cm³/mol. The second-order valence-electron chi connectivity index (χ2n) is 8.89. The zero-order chi connectivity index (χ0) is 26.7. The van der Waals surface area contributed by atoms with Crippen molar-refractivity contribution in [2.45, 2.75) is 26.8 Å². The number of carboxylic acids is 1. The molecule has 0 saturated heterocycles. The van der Waals surface area contributed by atoms with Crippen LogP contribution < -0.4 is 22.2 Å². The molecule has 4 aromatic rings. The Balaban J connectivity index is 1.84. The van der Waals surface area contributed by atoms with Crippen LogP contribution in [0.1, 0.15) is 45.6 Å². The van der Waals surface area contributed by atoms with Crippen LogP contribution in [0.5, 0.6) is 0 Å². The first-order chi connectivity index (χ1) is 17.7. The van der Waals surface area contributed by atoms with E-state index < -0.39 is 5.97 Å². The average Bonchev–Trinajstić information content (AvgIpc) is 2.89. The van der Waals surface area contributed by atoms with Gasteiger partial charge in [-0.1, -0.05) is 42.5 Å². The number of benzene rings is 3. The maximum atomic E-state index is 13.5. The van der Waals surface area contributed by atoms with Gasteiger partial charge in [-0.05, 0) is 67.9 Å². The summed E-state index contributed by atoms with van der Waals surface area (Å²) < 4.78 is 6.43. The summed E-state index contributed by atoms with van der Waals surface area (Å²) in [5, 5.41) is 13.3. The lowest BCUT2D eigenvalue weighted by Crippen LogP contribution is -2.14. The van der Waals surface area contributed by atoms with E-state index in [4.69, 9.17) is 15.9 Å². The van der Waals surface area contributed by atoms with E-state index >= 15 is 0 Å². The number of anilines is 1. The number of fused-ring (bicyclic) bond motifs is 1. The molecule has 1 aromatic heterocycles. The summed E-state index contributed by atoms with van der Waals surface area (Å²) in [5.41, 5.74) is 16.8. The summed E-state index contributed by atoms with van der Waals surface area (Å²) in [7, 11) is 0. The Morgan fingerprint density at radius 2 is 1.76 bits per heavy atom. The van der Waals surface area contributed by atoms with Crippen LogP contribution in [-0.4, -0.2) is 11.1 Å². The highest BCUT2D eigenvalue weighted by atomic mass is 16.4. The van der Waals surface area contributed by atoms with Gasteiger partial charge in [0.25, 0.3) is 0 Å². The zero-order valence-corrected chi connectivity index (χ0v) is 20.9. The van der Waals surface area contributed by atoms with Gasteiger partial charge in [0.2, 0.25) is 0 Å². The minimum Gasteiger partial charge on any atom is -0.478 e. The van der Waals surface area contributed by atoms with E-state index in [1.807, 2.05) is 50.2 Å². The minimum atomic E-state index is -1.02. The van der Waals surface area contributed by atoms with Crippen molar-refractivity contribution < 1.29 is 14.3 Å². The number of allylic oxidation sites excluding steroid dienone is 2. The highest BCUT2D eigenvalue weighted by Gasteiger charge is 2.20. The molecule has 0 bridgehead atoms. The van der Waals surface area contributed by atoms with E-state index in [1.54, 1.807) is 37.3 Å². The smallest absolute Gasteiger partial charge is 0.337 e. The summed E-state index contributed by atoms with van der Waals surface area (Å²) >= 11 is 0. The summed E-state index contributed by atoms with van der Waals surface area (Å²) in [6, 6.07) is 17.7. The molecule has 0 amide bonds. The van der Waals surface area contributed by atoms with Gasteiger partial charge in [0, 0.05) is 28.6 Å². The molecular weight excluding hydrogens is 466 g/mol. The number of hydrogen-bond acceptors (Lipinski definition) is 6. The van der Waals surface area contributed by atoms with E-state index in [9.17, 15) is 14.7 Å². The first kappa shape index (κ1) is 25.3. The Morgan fingerprint density at radius 1 is 1.05 bits per heavy atom. The van der Waals surface area contributed by atoms with E-state index in [2.05, 4.69) is 5.32 Å². The third kappa shape index (κ3) is 4.97. The molecule has 7 nitrogen and oxygen atoms in total. The van der Waals surface area contributed by atoms with Crippen molar-refractivity contribution in [2.24, 2.45) is 11.5 Å². The Morgan fingerprint density at radius 3 is 2.41 bits per heavy atom. The number of para-hydroxylation sites is 1. The van der Waals surface area contributed by atoms with Crippen molar-refractivity contribution in [3.8, 4) is 11.3 Å². The van der Waals surface area contributed by atoms with Gasteiger partial charge in [-0.25, -0.2) is 4.79 Å². The molecule has 6 N–H and O–H groups in total. The van der Waals surface area contributed by atoms with Crippen molar-refractivity contribution in [1.29, 1.82) is 0 Å². The van der Waals surface area contributed by atoms with Gasteiger partial charge < -0.3 is 26.3 Å². The highest BCUT2D eigenvalue weighted by molar-refractivity contribution is 5.94. The average molecular weight is 496 g/mol. The number of aryl methyl sites for hydroxylation is 1. The SMILES string of the molecule is Cc1cc(C(C)Nc2ccccc2C(=O)O)c2oc(-c3ccc(/C(C=CN)=C/N)cc3)c(C)c(=O)c2c1. The number of hydrogen-bond donors (Lipinski definition) is 4. The number of nitrogens with two attached hydrogens (primary N) is 2. The lowest BCUT2D eigenvalue weighted by atomic mass is 9.98. The van der Waals surface area contributed by atoms with E-state index in [0.717, 1.165) is 27.8 Å². The van der Waals surface area contributed by atoms with Crippen molar-refractivity contribution in [2.75, 3.05) is 5.32 Å². The standard InChI is InChI=1S/C30H29N3O4/c1-17-14-24(19(3)33-26-7-5-4-6-23(26)30(35)36)29-25(15-17)27(34)18(2)28(37-29)21-10-8-20(9-11-21)22(16-32)12-13-31/h4-16,19,33H,31-32H2,1-3H3,(H,35,36)/b13-12?,22-16+. The van der Waals surface area contributed by atoms with Crippen LogP contribution in [0.3, 0.4) is 0 Å². The molecule has 3 aromatic carbocycles. The first-order valence-electron chi connectivity index (χ1n) is 11.8. The van der Waals surface area contributed by atoms with Crippen LogP contribution >= 0.6 is 0 Å². The Labute approximate surface area is 214 Å². The number of rotatable bonds is 7. The van der Waals surface area contributed by atoms with Crippen LogP contribution in [0.4, 0.5) is 5.69 Å². The molecule has 1 atom stereocenters. The molecule has 0 aliphatic carbocycles. The zero-order valence-electron chi connectivity index (χ0n) is 20.9. The lowest BCUT2D eigenvalue weighted by Gasteiger charge is -2.20. The number of nitrogens with one attached hydrogen (secondary N) is 1. The highest BCUT2D eigenvalue weighted by Crippen LogP contribution is 2.33. The Hall–Kier alpha value is -4.78. The molecule has 1 heterocycles. The van der Waals surface area contributed by atoms with Gasteiger partial charge in [-0.3, -0.25) is 4.79 Å². The van der Waals surface area contributed by atoms with Crippen molar-refractivity contribution in [1.82, 2.24) is 0 Å². The molecule has 37 heavy (non-hydrogen) atoms. The molecule has 1 unspecified atom stereocenters. The second kappa shape index (κ2) is 10.5. The van der Waals surface area contributed by atoms with Crippen molar-refractivity contribution in [3.63, 3.8) is 0 Å². The van der Waals surface area contributed by atoms with Crippen molar-refractivity contribution >= 4 is 28.2 Å². The van der Waals surface area contributed by atoms with Crippen LogP contribution in [0.25, 0.3) is 27.9 Å². The summed E-state index contributed by atoms with van der Waals surface area (Å²) in [4.78, 5) is 25.1. The van der Waals surface area contributed by atoms with Crippen LogP contribution in [0.15, 0.2) is 88.4 Å². The normalized spacial score (nSPS) is 12.7. The molecule has 0 radical (unpaired) electrons. The topological polar surface area (TPSA) is 132 Å². The minimum absolute atomic E-state index is 0.114. The molecule has 0 spiro atoms. The number of carbonyl (C=O) groups is 1. The van der Waals surface area contributed by atoms with Gasteiger partial charge in [0.05, 0.1) is 17.0 Å². The summed E-state index contributed by atoms with van der Waals surface area (Å²) in [5.74, 6) is -0.549. The van der Waals surface area contributed by atoms with Gasteiger partial charge >= 0.3 is 5.97 Å². The molecule has 188 valence electrons. The Bertz CT molecular complexity index is 1600. The molecule has 0 fully saturated rings. The summed E-state index contributed by atoms with van der Waals surface area (Å²) in [6.45, 7) is 5.58. The Kier molecular flexibility index (Phi) is 7.15. The third-order valence-corrected chi connectivity index (χ3v) is 6.32. The molecule has 0 aliphatic heterocycles. The molecule has 4 rings (SSSR count). The molecular formula is C30H29N3O4. The quantitative estimate of drug-likeness (QED) is 0.241. The lowest BCUT2D eigenvalue weighted by molar-refractivity contribution is 0.0698. The molecule has 0 aliphatic rings. The van der Waals surface area contributed by atoms with Crippen LogP contribution in [0, 0.1) is 13.8 Å². The van der Waals surface area contributed by atoms with Crippen molar-refractivity contribution in [3.05, 3.63) is 117 Å². The maximum Gasteiger partial charge on any atom is 0.337 e. The predicted octanol–water partition coefficient (Wildman–Crippen LogP) is 5.72. The fraction of sp³-hybridized carbons (Fsp3) is 0.133. The van der Waals surface area contributed by atoms with E-state index in [-0.39, 0.29) is 17.0 Å². The number of carboxylic acid groups (broad SMARTS) is 1. The fourth-order valence-corrected chi connectivity index (χ4v) is 4.44. The van der Waals surface area contributed by atoms with Gasteiger partial charge in [-0.2, -0.15) is 0 Å². The second-order valence-corrected chi connectivity index (χ2v) is 8.89. The molecule has 0 saturated carbocycles. The maximum absolute atomic E-state index is 13.5. The number of aromatic carboxylic acids is 1. The van der Waals surface area contributed by atoms with Crippen LogP contribution in [-0.2, 0) is 0 Å². The van der Waals surface area contributed by atoms with Gasteiger partial charge in [0.15, 0.2) is 5.43 Å². The third-order valence-electron chi connectivity index (χ3n) is 6.32. The molecule has 7 heteroatoms. The fourth-order valence-electron chi connectivity index (χ4n) is 4.44. The monoisotopic (exact) mass is 495 g/mol. The first-order valence-corrected chi connectivity index (χ1v) is 11.8. The summed E-state index contributed by atoms with van der Waals surface area (Å²) in [6.07, 6.45) is 4.61. The van der Waals surface area contributed by atoms with E-state index in [1.165, 1.54) is 12.4 Å². The largest absolute Gasteiger partial charge is 0.478 e. The van der Waals surface area contributed by atoms with E-state index in [0.29, 0.717) is 28.0 Å².